The molecule has 0 radical (unpaired) electrons. The first-order chi connectivity index (χ1) is 22.3. The molecule has 0 aliphatic carbocycles. The van der Waals surface area contributed by atoms with Gasteiger partial charge in [0.25, 0.3) is 11.1 Å². The molecule has 0 saturated carbocycles. The van der Waals surface area contributed by atoms with E-state index in [-0.39, 0.29) is 29.5 Å². The predicted molar refractivity (Wildman–Crippen MR) is 182 cm³/mol. The maximum atomic E-state index is 13.3. The first-order valence-electron chi connectivity index (χ1n) is 15.3. The molecule has 10 heteroatoms. The zero-order valence-corrected chi connectivity index (χ0v) is 27.4. The van der Waals surface area contributed by atoms with Gasteiger partial charge in [-0.25, -0.2) is 9.59 Å². The van der Waals surface area contributed by atoms with Crippen LogP contribution in [0, 0.1) is 27.7 Å². The van der Waals surface area contributed by atoms with Crippen molar-refractivity contribution in [3.05, 3.63) is 170 Å². The monoisotopic (exact) mass is 634 g/mol. The number of nitrogens with one attached hydrogen (secondary N) is 3. The molecule has 0 unspecified atom stereocenters. The lowest BCUT2D eigenvalue weighted by atomic mass is 9.99. The van der Waals surface area contributed by atoms with Crippen LogP contribution in [-0.4, -0.2) is 31.1 Å². The van der Waals surface area contributed by atoms with Gasteiger partial charge in [-0.3, -0.25) is 33.7 Å². The Kier molecular flexibility index (Phi) is 10.7. The minimum Gasteiger partial charge on any atom is -0.304 e. The summed E-state index contributed by atoms with van der Waals surface area (Å²) in [5, 5.41) is 0. The Labute approximate surface area is 271 Å². The van der Waals surface area contributed by atoms with Gasteiger partial charge < -0.3 is 4.98 Å². The van der Waals surface area contributed by atoms with Crippen molar-refractivity contribution in [1.29, 1.82) is 0 Å². The largest absolute Gasteiger partial charge is 0.329 e. The van der Waals surface area contributed by atoms with Crippen molar-refractivity contribution in [2.75, 3.05) is 0 Å². The molecule has 47 heavy (non-hydrogen) atoms. The summed E-state index contributed by atoms with van der Waals surface area (Å²) >= 11 is 0. The van der Waals surface area contributed by atoms with Crippen molar-refractivity contribution in [2.24, 2.45) is 0 Å². The summed E-state index contributed by atoms with van der Waals surface area (Å²) in [7, 11) is 0. The third kappa shape index (κ3) is 7.96. The second-order valence-electron chi connectivity index (χ2n) is 11.5. The lowest BCUT2D eigenvalue weighted by Gasteiger charge is -2.15. The molecule has 0 spiro atoms. The molecule has 0 aliphatic rings. The normalized spacial score (nSPS) is 10.7. The van der Waals surface area contributed by atoms with Crippen molar-refractivity contribution in [1.82, 2.24) is 19.5 Å². The van der Waals surface area contributed by atoms with Crippen LogP contribution in [0.25, 0.3) is 0 Å². The van der Waals surface area contributed by atoms with Crippen LogP contribution in [0.3, 0.4) is 0 Å². The molecule has 5 rings (SSSR count). The van der Waals surface area contributed by atoms with E-state index in [9.17, 15) is 28.8 Å². The maximum absolute atomic E-state index is 13.3. The highest BCUT2D eigenvalue weighted by atomic mass is 16.2. The van der Waals surface area contributed by atoms with Gasteiger partial charge in [-0.05, 0) is 70.4 Å². The molecule has 0 bridgehead atoms. The molecule has 0 atom stereocenters. The van der Waals surface area contributed by atoms with Crippen molar-refractivity contribution in [2.45, 2.75) is 60.9 Å². The average molecular weight is 635 g/mol. The van der Waals surface area contributed by atoms with Crippen LogP contribution in [0.4, 0.5) is 0 Å². The zero-order valence-electron chi connectivity index (χ0n) is 27.4. The van der Waals surface area contributed by atoms with Gasteiger partial charge in [0, 0.05) is 22.3 Å². The summed E-state index contributed by atoms with van der Waals surface area (Å²) in [5.41, 5.74) is 4.27. The quantitative estimate of drug-likeness (QED) is 0.214. The molecule has 2 heterocycles. The number of aryl methyl sites for hydroxylation is 4. The van der Waals surface area contributed by atoms with E-state index in [0.717, 1.165) is 27.8 Å². The number of carbonyl (C=O) groups excluding carboxylic acids is 2. The van der Waals surface area contributed by atoms with E-state index < -0.39 is 22.5 Å². The SMILES string of the molecule is CCc1c(C(=O)c2cc(C)cc(C)c2)[nH]c(=O)[nH]c1=O.CCc1c(C(=O)c2cc(C)cc(C)c2)n(Cc2ccccc2)c(=O)[nH]c1=O. The molecule has 0 saturated heterocycles. The standard InChI is InChI=1S/C22H22N2O3.C15H16N2O3/c1-4-18-19(20(25)17-11-14(2)10-15(3)12-17)24(22(27)23-21(18)26)13-16-8-6-5-7-9-16;1-4-11-12(16-15(20)17-14(11)19)13(18)10-6-8(2)5-9(3)7-10/h5-12H,4,13H2,1-3H3,(H,23,26,27);5-7H,4H2,1-3H3,(H2,16,17,19,20). The van der Waals surface area contributed by atoms with Crippen LogP contribution in [0.1, 0.15) is 84.9 Å². The number of rotatable bonds is 8. The highest BCUT2D eigenvalue weighted by Crippen LogP contribution is 2.17. The number of H-pyrrole nitrogens is 3. The van der Waals surface area contributed by atoms with Gasteiger partial charge in [-0.1, -0.05) is 78.6 Å². The van der Waals surface area contributed by atoms with Gasteiger partial charge in [-0.15, -0.1) is 0 Å². The van der Waals surface area contributed by atoms with E-state index in [4.69, 9.17) is 0 Å². The summed E-state index contributed by atoms with van der Waals surface area (Å²) in [6, 6.07) is 20.4. The molecule has 5 aromatic rings. The topological polar surface area (TPSA) is 155 Å². The second kappa shape index (κ2) is 14.6. The van der Waals surface area contributed by atoms with Crippen LogP contribution in [0.15, 0.2) is 85.9 Å². The van der Waals surface area contributed by atoms with Gasteiger partial charge in [0.15, 0.2) is 0 Å². The second-order valence-corrected chi connectivity index (χ2v) is 11.5. The van der Waals surface area contributed by atoms with Crippen molar-refractivity contribution < 1.29 is 9.59 Å². The van der Waals surface area contributed by atoms with Crippen LogP contribution >= 0.6 is 0 Å². The Morgan fingerprint density at radius 1 is 0.617 bits per heavy atom. The van der Waals surface area contributed by atoms with Crippen LogP contribution in [-0.2, 0) is 19.4 Å². The number of carbonyl (C=O) groups is 2. The summed E-state index contributed by atoms with van der Waals surface area (Å²) in [6.07, 6.45) is 0.730. The number of benzene rings is 3. The minimum atomic E-state index is -0.667. The summed E-state index contributed by atoms with van der Waals surface area (Å²) < 4.78 is 1.37. The minimum absolute atomic E-state index is 0.0752. The van der Waals surface area contributed by atoms with Crippen LogP contribution < -0.4 is 22.5 Å². The summed E-state index contributed by atoms with van der Waals surface area (Å²) in [6.45, 7) is 11.4. The Morgan fingerprint density at radius 3 is 1.62 bits per heavy atom. The van der Waals surface area contributed by atoms with E-state index >= 15 is 0 Å². The third-order valence-corrected chi connectivity index (χ3v) is 7.64. The number of aromatic nitrogens is 4. The lowest BCUT2D eigenvalue weighted by Crippen LogP contribution is -2.37. The number of hydrogen-bond acceptors (Lipinski definition) is 6. The molecule has 10 nitrogen and oxygen atoms in total. The summed E-state index contributed by atoms with van der Waals surface area (Å²) in [5.74, 6) is -0.644. The smallest absolute Gasteiger partial charge is 0.304 e. The molecular weight excluding hydrogens is 596 g/mol. The molecular formula is C37H38N4O6. The van der Waals surface area contributed by atoms with E-state index in [2.05, 4.69) is 15.0 Å². The number of ketones is 2. The molecule has 3 aromatic carbocycles. The Bertz CT molecular complexity index is 2160. The predicted octanol–water partition coefficient (Wildman–Crippen LogP) is 4.47. The van der Waals surface area contributed by atoms with Gasteiger partial charge in [0.1, 0.15) is 5.69 Å². The van der Waals surface area contributed by atoms with E-state index in [1.54, 1.807) is 38.1 Å². The Balaban J connectivity index is 0.000000223. The molecule has 0 fully saturated rings. The maximum Gasteiger partial charge on any atom is 0.329 e. The molecule has 0 amide bonds. The number of aromatic amines is 3. The van der Waals surface area contributed by atoms with E-state index in [1.807, 2.05) is 70.2 Å². The summed E-state index contributed by atoms with van der Waals surface area (Å²) in [4.78, 5) is 80.8. The first-order valence-corrected chi connectivity index (χ1v) is 15.3. The molecule has 0 aliphatic heterocycles. The van der Waals surface area contributed by atoms with Crippen LogP contribution in [0.2, 0.25) is 0 Å². The van der Waals surface area contributed by atoms with Crippen molar-refractivity contribution in [3.8, 4) is 0 Å². The Hall–Kier alpha value is -5.64. The molecule has 242 valence electrons. The van der Waals surface area contributed by atoms with Gasteiger partial charge in [0.2, 0.25) is 11.6 Å². The van der Waals surface area contributed by atoms with Gasteiger partial charge >= 0.3 is 11.4 Å². The van der Waals surface area contributed by atoms with E-state index in [0.29, 0.717) is 35.1 Å². The third-order valence-electron chi connectivity index (χ3n) is 7.64. The first kappa shape index (κ1) is 34.2. The van der Waals surface area contributed by atoms with E-state index in [1.165, 1.54) is 4.57 Å². The van der Waals surface area contributed by atoms with Crippen molar-refractivity contribution in [3.63, 3.8) is 0 Å². The molecule has 3 N–H and O–H groups in total. The highest BCUT2D eigenvalue weighted by molar-refractivity contribution is 6.09. The van der Waals surface area contributed by atoms with Crippen LogP contribution in [0.5, 0.6) is 0 Å². The lowest BCUT2D eigenvalue weighted by molar-refractivity contribution is 0.102. The van der Waals surface area contributed by atoms with Gasteiger partial charge in [-0.2, -0.15) is 0 Å². The Morgan fingerprint density at radius 2 is 1.11 bits per heavy atom. The molecule has 2 aromatic heterocycles. The zero-order chi connectivity index (χ0) is 34.4. The number of nitrogens with zero attached hydrogens (tertiary/aromatic N) is 1. The number of hydrogen-bond donors (Lipinski definition) is 3. The van der Waals surface area contributed by atoms with Gasteiger partial charge in [0.05, 0.1) is 12.2 Å². The fourth-order valence-corrected chi connectivity index (χ4v) is 5.65. The fraction of sp³-hybridized carbons (Fsp3) is 0.243. The fourth-order valence-electron chi connectivity index (χ4n) is 5.65. The average Bonchev–Trinajstić information content (AvgIpc) is 3.01. The highest BCUT2D eigenvalue weighted by Gasteiger charge is 2.22. The van der Waals surface area contributed by atoms with Crippen molar-refractivity contribution >= 4 is 11.6 Å².